The quantitative estimate of drug-likeness (QED) is 0.485. The molecule has 0 aromatic heterocycles. The van der Waals surface area contributed by atoms with Gasteiger partial charge in [-0.15, -0.1) is 0 Å². The number of thiocarbonyl (C=S) groups is 2. The number of isothiocyanates is 1. The van der Waals surface area contributed by atoms with Crippen molar-refractivity contribution in [3.63, 3.8) is 0 Å². The smallest absolute Gasteiger partial charge is 0.343 e. The molecular formula is C11H7ClFNO3S2. The number of methoxy groups -OCH3 is 1. The Hall–Kier alpha value is -1.40. The number of carbonyl (C=O) groups is 1. The van der Waals surface area contributed by atoms with E-state index in [4.69, 9.17) is 28.6 Å². The van der Waals surface area contributed by atoms with Gasteiger partial charge in [-0.25, -0.2) is 9.18 Å². The summed E-state index contributed by atoms with van der Waals surface area (Å²) in [7, 11) is 1.21. The van der Waals surface area contributed by atoms with Gasteiger partial charge in [-0.3, -0.25) is 0 Å². The summed E-state index contributed by atoms with van der Waals surface area (Å²) in [5.41, 5.74) is 0.157. The molecule has 0 spiro atoms. The Morgan fingerprint density at radius 2 is 2.26 bits per heavy atom. The maximum Gasteiger partial charge on any atom is 0.343 e. The third-order valence-corrected chi connectivity index (χ3v) is 2.71. The van der Waals surface area contributed by atoms with Crippen molar-refractivity contribution in [2.75, 3.05) is 13.7 Å². The Labute approximate surface area is 124 Å². The standard InChI is InChI=1S/C11H7ClFNO3S2/c1-16-10(15)4-17-11(19)6-2-9(14-5-18)8(13)3-7(6)12/h2-3H,4H2,1H3. The molecule has 0 N–H and O–H groups in total. The molecule has 100 valence electrons. The SMILES string of the molecule is COC(=O)COC(=S)c1cc(N=C=S)c(F)cc1Cl. The zero-order valence-electron chi connectivity index (χ0n) is 9.61. The number of halogens is 2. The average Bonchev–Trinajstić information content (AvgIpc) is 2.38. The lowest BCUT2D eigenvalue weighted by Crippen LogP contribution is -2.14. The molecule has 1 aromatic carbocycles. The number of hydrogen-bond acceptors (Lipinski definition) is 6. The molecule has 0 heterocycles. The number of ether oxygens (including phenoxy) is 2. The highest BCUT2D eigenvalue weighted by Crippen LogP contribution is 2.27. The number of nitrogens with zero attached hydrogens (tertiary/aromatic N) is 1. The van der Waals surface area contributed by atoms with Gasteiger partial charge < -0.3 is 9.47 Å². The zero-order valence-corrected chi connectivity index (χ0v) is 12.0. The molecule has 0 fully saturated rings. The Morgan fingerprint density at radius 3 is 2.84 bits per heavy atom. The van der Waals surface area contributed by atoms with Crippen LogP contribution in [0.4, 0.5) is 10.1 Å². The second-order valence-electron chi connectivity index (χ2n) is 3.14. The summed E-state index contributed by atoms with van der Waals surface area (Å²) in [5.74, 6) is -1.26. The van der Waals surface area contributed by atoms with Gasteiger partial charge in [0.1, 0.15) is 5.69 Å². The molecule has 19 heavy (non-hydrogen) atoms. The first-order chi connectivity index (χ1) is 8.99. The Balaban J connectivity index is 2.99. The average molecular weight is 320 g/mol. The second-order valence-corrected chi connectivity index (χ2v) is 4.10. The van der Waals surface area contributed by atoms with Gasteiger partial charge in [0.15, 0.2) is 17.5 Å². The molecule has 0 radical (unpaired) electrons. The van der Waals surface area contributed by atoms with Crippen LogP contribution in [0.1, 0.15) is 5.56 Å². The Kier molecular flexibility index (Phi) is 5.98. The van der Waals surface area contributed by atoms with Crippen molar-refractivity contribution in [2.45, 2.75) is 0 Å². The summed E-state index contributed by atoms with van der Waals surface area (Å²) in [6.45, 7) is -0.366. The van der Waals surface area contributed by atoms with E-state index in [0.29, 0.717) is 0 Å². The lowest BCUT2D eigenvalue weighted by Gasteiger charge is -2.09. The third-order valence-electron chi connectivity index (χ3n) is 1.97. The molecular weight excluding hydrogens is 313 g/mol. The zero-order chi connectivity index (χ0) is 14.4. The van der Waals surface area contributed by atoms with Gasteiger partial charge in [0.25, 0.3) is 0 Å². The van der Waals surface area contributed by atoms with Crippen molar-refractivity contribution in [1.82, 2.24) is 0 Å². The number of rotatable bonds is 4. The highest BCUT2D eigenvalue weighted by Gasteiger charge is 2.14. The van der Waals surface area contributed by atoms with Crippen molar-refractivity contribution in [3.8, 4) is 0 Å². The summed E-state index contributed by atoms with van der Waals surface area (Å²) < 4.78 is 22.8. The topological polar surface area (TPSA) is 47.9 Å². The number of benzene rings is 1. The maximum atomic E-state index is 13.4. The molecule has 0 saturated carbocycles. The molecule has 1 rings (SSSR count). The summed E-state index contributed by atoms with van der Waals surface area (Å²) in [6.07, 6.45) is 0. The van der Waals surface area contributed by atoms with Crippen LogP contribution in [0.5, 0.6) is 0 Å². The van der Waals surface area contributed by atoms with Gasteiger partial charge in [0.05, 0.1) is 17.3 Å². The lowest BCUT2D eigenvalue weighted by atomic mass is 10.2. The number of aliphatic imine (C=N–C) groups is 1. The van der Waals surface area contributed by atoms with Crippen molar-refractivity contribution < 1.29 is 18.7 Å². The Bertz CT molecular complexity index is 573. The summed E-state index contributed by atoms with van der Waals surface area (Å²) in [4.78, 5) is 14.4. The van der Waals surface area contributed by atoms with Gasteiger partial charge in [0, 0.05) is 5.56 Å². The predicted molar refractivity (Wildman–Crippen MR) is 75.8 cm³/mol. The molecule has 4 nitrogen and oxygen atoms in total. The Morgan fingerprint density at radius 1 is 1.58 bits per heavy atom. The van der Waals surface area contributed by atoms with Crippen LogP contribution in [0.3, 0.4) is 0 Å². The van der Waals surface area contributed by atoms with Crippen LogP contribution in [0.2, 0.25) is 5.02 Å². The lowest BCUT2D eigenvalue weighted by molar-refractivity contribution is -0.143. The van der Waals surface area contributed by atoms with Crippen LogP contribution in [0, 0.1) is 5.82 Å². The van der Waals surface area contributed by atoms with Crippen LogP contribution in [-0.4, -0.2) is 29.9 Å². The molecule has 0 saturated heterocycles. The molecule has 0 aliphatic rings. The van der Waals surface area contributed by atoms with Gasteiger partial charge in [-0.1, -0.05) is 11.6 Å². The fourth-order valence-electron chi connectivity index (χ4n) is 1.09. The molecule has 0 aliphatic heterocycles. The highest BCUT2D eigenvalue weighted by molar-refractivity contribution is 7.80. The number of hydrogen-bond donors (Lipinski definition) is 0. The first-order valence-corrected chi connectivity index (χ1v) is 6.00. The maximum absolute atomic E-state index is 13.4. The first kappa shape index (κ1) is 15.7. The van der Waals surface area contributed by atoms with Crippen molar-refractivity contribution in [1.29, 1.82) is 0 Å². The summed E-state index contributed by atoms with van der Waals surface area (Å²) in [5, 5.41) is 2.00. The van der Waals surface area contributed by atoms with Crippen molar-refractivity contribution >= 4 is 57.9 Å². The van der Waals surface area contributed by atoms with Crippen LogP contribution in [0.15, 0.2) is 17.1 Å². The van der Waals surface area contributed by atoms with E-state index >= 15 is 0 Å². The molecule has 0 amide bonds. The van der Waals surface area contributed by atoms with Gasteiger partial charge >= 0.3 is 5.97 Å². The fraction of sp³-hybridized carbons (Fsp3) is 0.182. The minimum Gasteiger partial charge on any atom is -0.471 e. The van der Waals surface area contributed by atoms with E-state index in [0.717, 1.165) is 6.07 Å². The molecule has 0 aliphatic carbocycles. The van der Waals surface area contributed by atoms with Crippen molar-refractivity contribution in [3.05, 3.63) is 28.5 Å². The van der Waals surface area contributed by atoms with E-state index in [1.807, 2.05) is 5.16 Å². The third kappa shape index (κ3) is 4.33. The van der Waals surface area contributed by atoms with Gasteiger partial charge in [0.2, 0.25) is 0 Å². The van der Waals surface area contributed by atoms with E-state index in [1.165, 1.54) is 13.2 Å². The van der Waals surface area contributed by atoms with E-state index in [9.17, 15) is 9.18 Å². The minimum absolute atomic E-state index is 0.0377. The fourth-order valence-corrected chi connectivity index (χ4v) is 1.71. The first-order valence-electron chi connectivity index (χ1n) is 4.80. The van der Waals surface area contributed by atoms with Crippen molar-refractivity contribution in [2.24, 2.45) is 4.99 Å². The second kappa shape index (κ2) is 7.25. The van der Waals surface area contributed by atoms with E-state index in [-0.39, 0.29) is 27.9 Å². The largest absolute Gasteiger partial charge is 0.471 e. The van der Waals surface area contributed by atoms with E-state index in [2.05, 4.69) is 21.9 Å². The molecule has 0 bridgehead atoms. The summed E-state index contributed by atoms with van der Waals surface area (Å²) in [6, 6.07) is 2.28. The molecule has 0 unspecified atom stereocenters. The van der Waals surface area contributed by atoms with E-state index < -0.39 is 11.8 Å². The monoisotopic (exact) mass is 319 g/mol. The normalized spacial score (nSPS) is 9.42. The number of esters is 1. The van der Waals surface area contributed by atoms with Crippen LogP contribution in [0.25, 0.3) is 0 Å². The van der Waals surface area contributed by atoms with Gasteiger partial charge in [-0.2, -0.15) is 4.99 Å². The molecule has 8 heteroatoms. The number of carbonyl (C=O) groups excluding carboxylic acids is 1. The predicted octanol–water partition coefficient (Wildman–Crippen LogP) is 3.08. The van der Waals surface area contributed by atoms with Gasteiger partial charge in [-0.05, 0) is 36.6 Å². The minimum atomic E-state index is -0.665. The van der Waals surface area contributed by atoms with Crippen LogP contribution < -0.4 is 0 Å². The summed E-state index contributed by atoms with van der Waals surface area (Å²) >= 11 is 15.2. The molecule has 1 aromatic rings. The highest BCUT2D eigenvalue weighted by atomic mass is 35.5. The van der Waals surface area contributed by atoms with E-state index in [1.54, 1.807) is 0 Å². The molecule has 0 atom stereocenters. The van der Waals surface area contributed by atoms with Crippen LogP contribution >= 0.6 is 36.0 Å². The van der Waals surface area contributed by atoms with Crippen LogP contribution in [-0.2, 0) is 14.3 Å².